The molecule has 0 spiro atoms. The lowest BCUT2D eigenvalue weighted by atomic mass is 10.2. The minimum atomic E-state index is -0.409. The van der Waals surface area contributed by atoms with Crippen molar-refractivity contribution >= 4 is 11.8 Å². The van der Waals surface area contributed by atoms with E-state index >= 15 is 0 Å². The summed E-state index contributed by atoms with van der Waals surface area (Å²) in [4.78, 5) is 14.1. The van der Waals surface area contributed by atoms with E-state index in [1.165, 1.54) is 17.8 Å². The van der Waals surface area contributed by atoms with Crippen molar-refractivity contribution in [1.82, 2.24) is 15.0 Å². The van der Waals surface area contributed by atoms with Gasteiger partial charge in [-0.25, -0.2) is 14.4 Å². The minimum absolute atomic E-state index is 0.309. The summed E-state index contributed by atoms with van der Waals surface area (Å²) in [5, 5.41) is 9.65. The van der Waals surface area contributed by atoms with Gasteiger partial charge >= 0.3 is 0 Å². The smallest absolute Gasteiger partial charge is 0.179 e. The molecule has 0 amide bonds. The number of aryl methyl sites for hydroxylation is 1. The zero-order chi connectivity index (χ0) is 17.2. The predicted octanol–water partition coefficient (Wildman–Crippen LogP) is 4.19. The van der Waals surface area contributed by atoms with Gasteiger partial charge in [-0.05, 0) is 49.6 Å². The van der Waals surface area contributed by atoms with E-state index in [1.807, 2.05) is 24.3 Å². The fourth-order valence-corrected chi connectivity index (χ4v) is 3.83. The Bertz CT molecular complexity index is 983. The van der Waals surface area contributed by atoms with E-state index < -0.39 is 5.82 Å². The molecule has 0 saturated carbocycles. The Morgan fingerprint density at radius 2 is 2.04 bits per heavy atom. The molecule has 4 nitrogen and oxygen atoms in total. The molecular weight excluding hydrogens is 335 g/mol. The summed E-state index contributed by atoms with van der Waals surface area (Å²) in [5.41, 5.74) is 3.13. The fourth-order valence-electron chi connectivity index (χ4n) is 2.85. The fraction of sp³-hybridized carbons (Fsp3) is 0.158. The lowest BCUT2D eigenvalue weighted by molar-refractivity contribution is 0.601. The summed E-state index contributed by atoms with van der Waals surface area (Å²) < 4.78 is 14.3. The molecule has 1 aliphatic rings. The van der Waals surface area contributed by atoms with Crippen molar-refractivity contribution in [2.24, 2.45) is 0 Å². The van der Waals surface area contributed by atoms with Gasteiger partial charge in [0, 0.05) is 22.3 Å². The third-order valence-corrected chi connectivity index (χ3v) is 5.14. The molecule has 3 aromatic rings. The topological polar surface area (TPSA) is 62.5 Å². The van der Waals surface area contributed by atoms with Crippen LogP contribution in [0.25, 0.3) is 11.5 Å². The van der Waals surface area contributed by atoms with Gasteiger partial charge in [-0.1, -0.05) is 17.8 Å². The summed E-state index contributed by atoms with van der Waals surface area (Å²) in [6, 6.07) is 12.1. The van der Waals surface area contributed by atoms with Crippen LogP contribution in [0.4, 0.5) is 4.39 Å². The second kappa shape index (κ2) is 6.61. The van der Waals surface area contributed by atoms with E-state index in [0.29, 0.717) is 22.0 Å². The summed E-state index contributed by atoms with van der Waals surface area (Å²) in [7, 11) is 0. The summed E-state index contributed by atoms with van der Waals surface area (Å²) >= 11 is 1.28. The van der Waals surface area contributed by atoms with E-state index in [1.54, 1.807) is 18.3 Å². The van der Waals surface area contributed by atoms with Gasteiger partial charge in [-0.15, -0.1) is 0 Å². The maximum atomic E-state index is 14.3. The molecule has 0 radical (unpaired) electrons. The number of hydrogen-bond acceptors (Lipinski definition) is 5. The van der Waals surface area contributed by atoms with Gasteiger partial charge in [-0.2, -0.15) is 5.26 Å². The molecule has 2 aromatic heterocycles. The first-order chi connectivity index (χ1) is 12.2. The van der Waals surface area contributed by atoms with Crippen LogP contribution in [0.1, 0.15) is 23.2 Å². The normalized spacial score (nSPS) is 12.6. The van der Waals surface area contributed by atoms with E-state index in [4.69, 9.17) is 5.26 Å². The van der Waals surface area contributed by atoms with Gasteiger partial charge < -0.3 is 0 Å². The Labute approximate surface area is 148 Å². The van der Waals surface area contributed by atoms with Crippen LogP contribution in [-0.4, -0.2) is 15.0 Å². The van der Waals surface area contributed by atoms with Gasteiger partial charge in [0.2, 0.25) is 0 Å². The molecule has 1 aliphatic carbocycles. The Balaban J connectivity index is 1.77. The summed E-state index contributed by atoms with van der Waals surface area (Å²) in [5.74, 6) is 0.159. The van der Waals surface area contributed by atoms with Crippen molar-refractivity contribution < 1.29 is 4.39 Å². The molecule has 0 fully saturated rings. The van der Waals surface area contributed by atoms with Crippen LogP contribution >= 0.6 is 11.8 Å². The van der Waals surface area contributed by atoms with Crippen LogP contribution in [0.5, 0.6) is 0 Å². The van der Waals surface area contributed by atoms with E-state index in [2.05, 4.69) is 15.0 Å². The number of benzene rings is 1. The van der Waals surface area contributed by atoms with Gasteiger partial charge in [0.25, 0.3) is 0 Å². The first-order valence-corrected chi connectivity index (χ1v) is 8.75. The summed E-state index contributed by atoms with van der Waals surface area (Å²) in [6.07, 6.45) is 4.54. The van der Waals surface area contributed by atoms with Crippen LogP contribution in [0.15, 0.2) is 52.5 Å². The van der Waals surface area contributed by atoms with Crippen molar-refractivity contribution in [3.63, 3.8) is 0 Å². The monoisotopic (exact) mass is 348 g/mol. The second-order valence-electron chi connectivity index (χ2n) is 5.71. The molecule has 0 aliphatic heterocycles. The molecule has 122 valence electrons. The first kappa shape index (κ1) is 15.7. The van der Waals surface area contributed by atoms with Gasteiger partial charge in [0.05, 0.1) is 11.6 Å². The van der Waals surface area contributed by atoms with Crippen LogP contribution in [0.2, 0.25) is 0 Å². The van der Waals surface area contributed by atoms with Gasteiger partial charge in [-0.3, -0.25) is 4.98 Å². The number of nitriles is 1. The zero-order valence-electron chi connectivity index (χ0n) is 13.2. The van der Waals surface area contributed by atoms with Crippen molar-refractivity contribution in [3.05, 3.63) is 65.2 Å². The Morgan fingerprint density at radius 3 is 2.80 bits per heavy atom. The maximum Gasteiger partial charge on any atom is 0.179 e. The molecule has 0 bridgehead atoms. The van der Waals surface area contributed by atoms with E-state index in [0.717, 1.165) is 35.5 Å². The van der Waals surface area contributed by atoms with Crippen molar-refractivity contribution in [2.45, 2.75) is 29.2 Å². The number of pyridine rings is 1. The van der Waals surface area contributed by atoms with Gasteiger partial charge in [0.1, 0.15) is 16.5 Å². The third-order valence-electron chi connectivity index (χ3n) is 4.06. The average Bonchev–Trinajstić information content (AvgIpc) is 3.13. The molecule has 0 unspecified atom stereocenters. The van der Waals surface area contributed by atoms with Crippen LogP contribution in [0, 0.1) is 17.1 Å². The Morgan fingerprint density at radius 1 is 1.12 bits per heavy atom. The highest BCUT2D eigenvalue weighted by Gasteiger charge is 2.21. The molecule has 4 rings (SSSR count). The number of rotatable bonds is 3. The number of hydrogen-bond donors (Lipinski definition) is 0. The summed E-state index contributed by atoms with van der Waals surface area (Å²) in [6.45, 7) is 0. The van der Waals surface area contributed by atoms with Gasteiger partial charge in [0.15, 0.2) is 5.82 Å². The van der Waals surface area contributed by atoms with Crippen molar-refractivity contribution in [1.29, 1.82) is 5.26 Å². The molecule has 6 heteroatoms. The molecule has 0 atom stereocenters. The van der Waals surface area contributed by atoms with Crippen molar-refractivity contribution in [2.75, 3.05) is 0 Å². The largest absolute Gasteiger partial charge is 0.253 e. The molecule has 0 N–H and O–H groups in total. The van der Waals surface area contributed by atoms with E-state index in [9.17, 15) is 4.39 Å². The number of aromatic nitrogens is 3. The molecular formula is C19H13FN4S. The molecule has 0 saturated heterocycles. The average molecular weight is 348 g/mol. The van der Waals surface area contributed by atoms with E-state index in [-0.39, 0.29) is 0 Å². The lowest BCUT2D eigenvalue weighted by Crippen LogP contribution is -2.00. The molecule has 2 heterocycles. The lowest BCUT2D eigenvalue weighted by Gasteiger charge is -2.10. The Hall–Kier alpha value is -2.78. The highest BCUT2D eigenvalue weighted by molar-refractivity contribution is 7.99. The SMILES string of the molecule is N#Cc1ccc(Sc2nc(-c3ccccn3)nc3c2CCC3)c(F)c1. The molecule has 1 aromatic carbocycles. The zero-order valence-corrected chi connectivity index (χ0v) is 14.1. The Kier molecular flexibility index (Phi) is 4.16. The maximum absolute atomic E-state index is 14.3. The minimum Gasteiger partial charge on any atom is -0.253 e. The quantitative estimate of drug-likeness (QED) is 0.664. The predicted molar refractivity (Wildman–Crippen MR) is 92.5 cm³/mol. The highest BCUT2D eigenvalue weighted by Crippen LogP contribution is 2.36. The van der Waals surface area contributed by atoms with Crippen molar-refractivity contribution in [3.8, 4) is 17.6 Å². The molecule has 25 heavy (non-hydrogen) atoms. The van der Waals surface area contributed by atoms with Crippen LogP contribution < -0.4 is 0 Å². The second-order valence-corrected chi connectivity index (χ2v) is 6.74. The van der Waals surface area contributed by atoms with Crippen LogP contribution in [-0.2, 0) is 12.8 Å². The third kappa shape index (κ3) is 3.11. The van der Waals surface area contributed by atoms with Crippen LogP contribution in [0.3, 0.4) is 0 Å². The first-order valence-electron chi connectivity index (χ1n) is 7.93. The number of fused-ring (bicyclic) bond motifs is 1. The number of nitrogens with zero attached hydrogens (tertiary/aromatic N) is 4. The number of halogens is 1. The highest BCUT2D eigenvalue weighted by atomic mass is 32.2. The standard InChI is InChI=1S/C19H13FN4S/c20-14-10-12(11-21)7-8-17(14)25-19-13-4-3-6-15(13)23-18(24-19)16-5-1-2-9-22-16/h1-2,5,7-10H,3-4,6H2.